The molecule has 0 aromatic rings. The quantitative estimate of drug-likeness (QED) is 0.0160. The van der Waals surface area contributed by atoms with Gasteiger partial charge in [0.2, 0.25) is 5.91 Å². The summed E-state index contributed by atoms with van der Waals surface area (Å²) in [7, 11) is -5.16. The van der Waals surface area contributed by atoms with Crippen LogP contribution in [0.2, 0.25) is 0 Å². The van der Waals surface area contributed by atoms with Crippen LogP contribution < -0.4 is 5.32 Å². The first kappa shape index (κ1) is 59.3. The number of rotatable bonds is 40. The van der Waals surface area contributed by atoms with Crippen LogP contribution in [0.3, 0.4) is 0 Å². The molecule has 0 heterocycles. The summed E-state index contributed by atoms with van der Waals surface area (Å²) in [6, 6.07) is -1.27. The molecule has 9 N–H and O–H groups in total. The summed E-state index contributed by atoms with van der Waals surface area (Å²) in [5.41, 5.74) is 0. The predicted molar refractivity (Wildman–Crippen MR) is 252 cm³/mol. The molecule has 0 aromatic heterocycles. The minimum Gasteiger partial charge on any atom is -0.393 e. The van der Waals surface area contributed by atoms with E-state index in [0.29, 0.717) is 19.3 Å². The van der Waals surface area contributed by atoms with Crippen LogP contribution in [-0.4, -0.2) is 108 Å². The smallest absolute Gasteiger partial charge is 0.393 e. The summed E-state index contributed by atoms with van der Waals surface area (Å²) in [5.74, 6) is -0.613. The highest BCUT2D eigenvalue weighted by Crippen LogP contribution is 2.47. The van der Waals surface area contributed by atoms with E-state index in [0.717, 1.165) is 64.2 Å². The molecule has 8 atom stereocenters. The van der Waals surface area contributed by atoms with Crippen molar-refractivity contribution >= 4 is 13.7 Å². The van der Waals surface area contributed by atoms with E-state index in [1.807, 2.05) is 6.08 Å². The topological polar surface area (TPSA) is 226 Å². The van der Waals surface area contributed by atoms with Crippen LogP contribution in [0.25, 0.3) is 0 Å². The lowest BCUT2D eigenvalue weighted by molar-refractivity contribution is -0.220. The van der Waals surface area contributed by atoms with Crippen LogP contribution in [0.1, 0.15) is 194 Å². The van der Waals surface area contributed by atoms with Crippen LogP contribution >= 0.6 is 7.82 Å². The molecular formula is C49H90NO12P. The SMILES string of the molecule is CCCCC/C=C/CC/C=C/CC/C=C/C(O)C(COP(=O)(O)OC1C(O)C(O)C(O)C(O)C1O)NC(=O)CC(O)CCCCCCC/C=C\CCCCCCCCCCCCC. The summed E-state index contributed by atoms with van der Waals surface area (Å²) in [5, 5.41) is 74.5. The molecule has 63 heavy (non-hydrogen) atoms. The Morgan fingerprint density at radius 1 is 0.556 bits per heavy atom. The number of phosphoric ester groups is 1. The van der Waals surface area contributed by atoms with Gasteiger partial charge in [0.1, 0.15) is 36.6 Å². The first-order valence-electron chi connectivity index (χ1n) is 24.7. The molecule has 14 heteroatoms. The highest BCUT2D eigenvalue weighted by atomic mass is 31.2. The fraction of sp³-hybridized carbons (Fsp3) is 0.816. The maximum Gasteiger partial charge on any atom is 0.472 e. The second-order valence-electron chi connectivity index (χ2n) is 17.5. The van der Waals surface area contributed by atoms with Crippen molar-refractivity contribution in [2.24, 2.45) is 0 Å². The third-order valence-electron chi connectivity index (χ3n) is 11.6. The van der Waals surface area contributed by atoms with Crippen LogP contribution in [-0.2, 0) is 18.4 Å². The standard InChI is InChI=1S/C49H90NO12P/c1-3-5-7-9-11-13-15-17-18-19-20-21-22-23-25-26-28-30-32-34-36-40(51)38-43(53)50-41(42(52)37-35-33-31-29-27-24-16-14-12-10-8-6-4-2)39-61-63(59,60)62-49-47(57)45(55)44(54)46(56)48(49)58/h12,14,22-23,27,29,35,37,40-42,44-49,51-52,54-58H,3-11,13,15-21,24-26,28,30-34,36,38-39H2,1-2H3,(H,50,53)(H,59,60)/b14-12+,23-22-,29-27+,37-35+. The molecule has 0 aromatic carbocycles. The van der Waals surface area contributed by atoms with Crippen LogP contribution in [0.4, 0.5) is 0 Å². The lowest BCUT2D eigenvalue weighted by atomic mass is 9.85. The zero-order chi connectivity index (χ0) is 46.6. The van der Waals surface area contributed by atoms with E-state index in [9.17, 15) is 50.0 Å². The van der Waals surface area contributed by atoms with Gasteiger partial charge in [-0.2, -0.15) is 0 Å². The Hall–Kier alpha value is -1.74. The lowest BCUT2D eigenvalue weighted by Gasteiger charge is -2.41. The Labute approximate surface area is 380 Å². The molecule has 368 valence electrons. The number of allylic oxidation sites excluding steroid dienone is 7. The average Bonchev–Trinajstić information content (AvgIpc) is 3.26. The molecule has 1 aliphatic rings. The van der Waals surface area contributed by atoms with Gasteiger partial charge < -0.3 is 46.0 Å². The summed E-state index contributed by atoms with van der Waals surface area (Å²) < 4.78 is 22.8. The Kier molecular flexibility index (Phi) is 36.1. The van der Waals surface area contributed by atoms with E-state index in [-0.39, 0.29) is 6.42 Å². The second-order valence-corrected chi connectivity index (χ2v) is 18.9. The molecule has 0 aliphatic heterocycles. The third-order valence-corrected chi connectivity index (χ3v) is 12.6. The number of amides is 1. The van der Waals surface area contributed by atoms with Gasteiger partial charge in [-0.05, 0) is 70.6 Å². The minimum atomic E-state index is -5.16. The Balaban J connectivity index is 2.50. The van der Waals surface area contributed by atoms with Crippen LogP contribution in [0.5, 0.6) is 0 Å². The molecule has 0 spiro atoms. The van der Waals surface area contributed by atoms with Gasteiger partial charge in [-0.1, -0.05) is 165 Å². The summed E-state index contributed by atoms with van der Waals surface area (Å²) in [6.45, 7) is 3.69. The Morgan fingerprint density at radius 3 is 1.43 bits per heavy atom. The molecule has 1 saturated carbocycles. The lowest BCUT2D eigenvalue weighted by Crippen LogP contribution is -2.64. The zero-order valence-electron chi connectivity index (χ0n) is 39.0. The maximum atomic E-state index is 13.0. The van der Waals surface area contributed by atoms with Gasteiger partial charge in [-0.15, -0.1) is 0 Å². The first-order chi connectivity index (χ1) is 30.3. The average molecular weight is 916 g/mol. The van der Waals surface area contributed by atoms with Gasteiger partial charge in [0.25, 0.3) is 0 Å². The van der Waals surface area contributed by atoms with Crippen LogP contribution in [0, 0.1) is 0 Å². The monoisotopic (exact) mass is 916 g/mol. The molecular weight excluding hydrogens is 826 g/mol. The van der Waals surface area contributed by atoms with Crippen LogP contribution in [0.15, 0.2) is 48.6 Å². The summed E-state index contributed by atoms with van der Waals surface area (Å²) in [6.07, 6.45) is 32.1. The highest BCUT2D eigenvalue weighted by molar-refractivity contribution is 7.47. The number of hydrogen-bond acceptors (Lipinski definition) is 11. The highest BCUT2D eigenvalue weighted by Gasteiger charge is 2.51. The Bertz CT molecular complexity index is 1260. The second kappa shape index (κ2) is 38.4. The van der Waals surface area contributed by atoms with Gasteiger partial charge in [-0.25, -0.2) is 4.57 Å². The van der Waals surface area contributed by atoms with Crippen molar-refractivity contribution in [1.82, 2.24) is 5.32 Å². The number of unbranched alkanes of at least 4 members (excludes halogenated alkanes) is 21. The zero-order valence-corrected chi connectivity index (χ0v) is 39.9. The summed E-state index contributed by atoms with van der Waals surface area (Å²) >= 11 is 0. The van der Waals surface area contributed by atoms with Gasteiger partial charge in [0, 0.05) is 0 Å². The van der Waals surface area contributed by atoms with E-state index in [1.165, 1.54) is 96.0 Å². The normalized spacial score (nSPS) is 23.3. The van der Waals surface area contributed by atoms with Gasteiger partial charge in [0.05, 0.1) is 31.3 Å². The number of carbonyl (C=O) groups excluding carboxylic acids is 1. The van der Waals surface area contributed by atoms with Crippen molar-refractivity contribution in [3.05, 3.63) is 48.6 Å². The van der Waals surface area contributed by atoms with Gasteiger partial charge >= 0.3 is 7.82 Å². The molecule has 8 unspecified atom stereocenters. The fourth-order valence-electron chi connectivity index (χ4n) is 7.56. The molecule has 0 bridgehead atoms. The molecule has 1 fully saturated rings. The van der Waals surface area contributed by atoms with Gasteiger partial charge in [-0.3, -0.25) is 13.8 Å². The third kappa shape index (κ3) is 30.2. The van der Waals surface area contributed by atoms with E-state index in [2.05, 4.69) is 49.5 Å². The van der Waals surface area contributed by atoms with Crippen molar-refractivity contribution in [2.45, 2.75) is 249 Å². The molecule has 0 saturated heterocycles. The largest absolute Gasteiger partial charge is 0.472 e. The molecule has 13 nitrogen and oxygen atoms in total. The minimum absolute atomic E-state index is 0.262. The maximum absolute atomic E-state index is 13.0. The number of carbonyl (C=O) groups is 1. The number of phosphoric acid groups is 1. The van der Waals surface area contributed by atoms with Gasteiger partial charge in [0.15, 0.2) is 0 Å². The van der Waals surface area contributed by atoms with Crippen molar-refractivity contribution < 1.29 is 59.0 Å². The van der Waals surface area contributed by atoms with E-state index < -0.39 is 75.2 Å². The number of aliphatic hydroxyl groups excluding tert-OH is 7. The first-order valence-corrected chi connectivity index (χ1v) is 26.2. The fourth-order valence-corrected chi connectivity index (χ4v) is 8.53. The number of nitrogens with one attached hydrogen (secondary N) is 1. The van der Waals surface area contributed by atoms with Crippen molar-refractivity contribution in [2.75, 3.05) is 6.61 Å². The molecule has 1 aliphatic carbocycles. The molecule has 1 amide bonds. The predicted octanol–water partition coefficient (Wildman–Crippen LogP) is 8.70. The van der Waals surface area contributed by atoms with E-state index in [1.54, 1.807) is 6.08 Å². The molecule has 1 rings (SSSR count). The van der Waals surface area contributed by atoms with Crippen molar-refractivity contribution in [1.29, 1.82) is 0 Å². The summed E-state index contributed by atoms with van der Waals surface area (Å²) in [4.78, 5) is 23.4. The van der Waals surface area contributed by atoms with E-state index >= 15 is 0 Å². The molecule has 0 radical (unpaired) electrons. The number of aliphatic hydroxyl groups is 7. The number of hydrogen-bond donors (Lipinski definition) is 9. The van der Waals surface area contributed by atoms with E-state index in [4.69, 9.17) is 9.05 Å². The Morgan fingerprint density at radius 2 is 0.937 bits per heavy atom. The van der Waals surface area contributed by atoms with Crippen molar-refractivity contribution in [3.8, 4) is 0 Å². The van der Waals surface area contributed by atoms with Crippen molar-refractivity contribution in [3.63, 3.8) is 0 Å².